The first kappa shape index (κ1) is 9.59. The van der Waals surface area contributed by atoms with Crippen molar-refractivity contribution in [3.05, 3.63) is 18.2 Å². The monoisotopic (exact) mass is 186 g/mol. The lowest BCUT2D eigenvalue weighted by atomic mass is 10.2. The van der Waals surface area contributed by atoms with Crippen molar-refractivity contribution in [2.45, 2.75) is 31.6 Å². The molecule has 1 aromatic heterocycles. The van der Waals surface area contributed by atoms with E-state index in [1.54, 1.807) is 0 Å². The highest BCUT2D eigenvalue weighted by Crippen LogP contribution is 2.10. The maximum atomic E-state index is 6.09. The van der Waals surface area contributed by atoms with Crippen molar-refractivity contribution in [1.82, 2.24) is 9.55 Å². The number of imidazole rings is 1. The SMILES string of the molecule is CCCC(Cl)Cc1nccn1C. The predicted octanol–water partition coefficient (Wildman–Crippen LogP) is 2.37. The fraction of sp³-hybridized carbons (Fsp3) is 0.667. The van der Waals surface area contributed by atoms with E-state index in [0.29, 0.717) is 0 Å². The van der Waals surface area contributed by atoms with Gasteiger partial charge in [-0.25, -0.2) is 4.98 Å². The second kappa shape index (κ2) is 4.51. The maximum Gasteiger partial charge on any atom is 0.109 e. The van der Waals surface area contributed by atoms with E-state index in [4.69, 9.17) is 11.6 Å². The summed E-state index contributed by atoms with van der Waals surface area (Å²) in [5.41, 5.74) is 0. The van der Waals surface area contributed by atoms with Gasteiger partial charge in [-0.15, -0.1) is 11.6 Å². The second-order valence-electron chi connectivity index (χ2n) is 3.04. The number of aromatic nitrogens is 2. The fourth-order valence-corrected chi connectivity index (χ4v) is 1.56. The van der Waals surface area contributed by atoms with Gasteiger partial charge in [-0.05, 0) is 6.42 Å². The molecule has 1 unspecified atom stereocenters. The standard InChI is InChI=1S/C9H15ClN2/c1-3-4-8(10)7-9-11-5-6-12(9)2/h5-6,8H,3-4,7H2,1-2H3. The summed E-state index contributed by atoms with van der Waals surface area (Å²) in [5, 5.41) is 0.232. The van der Waals surface area contributed by atoms with Gasteiger partial charge in [-0.3, -0.25) is 0 Å². The molecule has 0 spiro atoms. The quantitative estimate of drug-likeness (QED) is 0.661. The Morgan fingerprint density at radius 1 is 1.67 bits per heavy atom. The van der Waals surface area contributed by atoms with E-state index in [1.807, 2.05) is 24.0 Å². The molecule has 1 atom stereocenters. The summed E-state index contributed by atoms with van der Waals surface area (Å²) in [6.45, 7) is 2.15. The molecule has 0 saturated heterocycles. The van der Waals surface area contributed by atoms with Gasteiger partial charge in [0.2, 0.25) is 0 Å². The number of hydrogen-bond acceptors (Lipinski definition) is 1. The lowest BCUT2D eigenvalue weighted by Crippen LogP contribution is -2.07. The van der Waals surface area contributed by atoms with Gasteiger partial charge in [0.25, 0.3) is 0 Å². The largest absolute Gasteiger partial charge is 0.338 e. The molecule has 0 N–H and O–H groups in total. The Morgan fingerprint density at radius 3 is 2.92 bits per heavy atom. The molecule has 0 aromatic carbocycles. The summed E-state index contributed by atoms with van der Waals surface area (Å²) in [6.07, 6.45) is 6.83. The van der Waals surface area contributed by atoms with Crippen LogP contribution >= 0.6 is 11.6 Å². The van der Waals surface area contributed by atoms with Crippen LogP contribution in [-0.4, -0.2) is 14.9 Å². The van der Waals surface area contributed by atoms with Gasteiger partial charge in [0.15, 0.2) is 0 Å². The maximum absolute atomic E-state index is 6.09. The number of halogens is 1. The van der Waals surface area contributed by atoms with Crippen LogP contribution in [0, 0.1) is 0 Å². The lowest BCUT2D eigenvalue weighted by molar-refractivity contribution is 0.679. The Bertz CT molecular complexity index is 232. The first-order chi connectivity index (χ1) is 5.74. The van der Waals surface area contributed by atoms with E-state index in [0.717, 1.165) is 25.1 Å². The summed E-state index contributed by atoms with van der Waals surface area (Å²) in [7, 11) is 2.00. The van der Waals surface area contributed by atoms with Crippen molar-refractivity contribution in [2.75, 3.05) is 0 Å². The zero-order chi connectivity index (χ0) is 8.97. The Labute approximate surface area is 78.6 Å². The summed E-state index contributed by atoms with van der Waals surface area (Å²) in [6, 6.07) is 0. The fourth-order valence-electron chi connectivity index (χ4n) is 1.21. The van der Waals surface area contributed by atoms with Crippen LogP contribution in [0.25, 0.3) is 0 Å². The zero-order valence-electron chi connectivity index (χ0n) is 7.63. The van der Waals surface area contributed by atoms with Crippen LogP contribution in [0.15, 0.2) is 12.4 Å². The molecule has 3 heteroatoms. The number of hydrogen-bond donors (Lipinski definition) is 0. The van der Waals surface area contributed by atoms with Crippen LogP contribution in [0.4, 0.5) is 0 Å². The van der Waals surface area contributed by atoms with Crippen molar-refractivity contribution >= 4 is 11.6 Å². The van der Waals surface area contributed by atoms with Crippen molar-refractivity contribution in [2.24, 2.45) is 7.05 Å². The van der Waals surface area contributed by atoms with Crippen LogP contribution in [0.1, 0.15) is 25.6 Å². The first-order valence-electron chi connectivity index (χ1n) is 4.34. The molecule has 0 radical (unpaired) electrons. The normalized spacial score (nSPS) is 13.2. The molecule has 0 aliphatic rings. The van der Waals surface area contributed by atoms with Gasteiger partial charge in [-0.2, -0.15) is 0 Å². The molecule has 1 heterocycles. The van der Waals surface area contributed by atoms with Gasteiger partial charge in [-0.1, -0.05) is 13.3 Å². The Kier molecular flexibility index (Phi) is 3.60. The van der Waals surface area contributed by atoms with Gasteiger partial charge >= 0.3 is 0 Å². The molecule has 12 heavy (non-hydrogen) atoms. The van der Waals surface area contributed by atoms with E-state index in [9.17, 15) is 0 Å². The second-order valence-corrected chi connectivity index (χ2v) is 3.66. The highest BCUT2D eigenvalue weighted by Gasteiger charge is 2.07. The predicted molar refractivity (Wildman–Crippen MR) is 51.5 cm³/mol. The number of rotatable bonds is 4. The Morgan fingerprint density at radius 2 is 2.42 bits per heavy atom. The number of alkyl halides is 1. The summed E-state index contributed by atoms with van der Waals surface area (Å²) >= 11 is 6.09. The Hall–Kier alpha value is -0.500. The van der Waals surface area contributed by atoms with E-state index >= 15 is 0 Å². The van der Waals surface area contributed by atoms with Crippen molar-refractivity contribution in [3.8, 4) is 0 Å². The molecule has 0 fully saturated rings. The molecule has 1 rings (SSSR count). The van der Waals surface area contributed by atoms with E-state index in [2.05, 4.69) is 11.9 Å². The van der Waals surface area contributed by atoms with E-state index < -0.39 is 0 Å². The molecule has 0 amide bonds. The zero-order valence-corrected chi connectivity index (χ0v) is 8.38. The molecule has 0 aliphatic heterocycles. The van der Waals surface area contributed by atoms with Crippen molar-refractivity contribution in [1.29, 1.82) is 0 Å². The Balaban J connectivity index is 2.46. The van der Waals surface area contributed by atoms with Gasteiger partial charge in [0, 0.05) is 31.2 Å². The third kappa shape index (κ3) is 2.52. The molecule has 68 valence electrons. The molecule has 1 aromatic rings. The van der Waals surface area contributed by atoms with Crippen LogP contribution in [-0.2, 0) is 13.5 Å². The van der Waals surface area contributed by atoms with Gasteiger partial charge in [0.1, 0.15) is 5.82 Å². The van der Waals surface area contributed by atoms with Crippen LogP contribution in [0.2, 0.25) is 0 Å². The van der Waals surface area contributed by atoms with Crippen molar-refractivity contribution in [3.63, 3.8) is 0 Å². The number of aryl methyl sites for hydroxylation is 1. The lowest BCUT2D eigenvalue weighted by Gasteiger charge is -2.06. The van der Waals surface area contributed by atoms with Gasteiger partial charge in [0.05, 0.1) is 0 Å². The summed E-state index contributed by atoms with van der Waals surface area (Å²) < 4.78 is 2.02. The average Bonchev–Trinajstić information content (AvgIpc) is 2.37. The summed E-state index contributed by atoms with van der Waals surface area (Å²) in [4.78, 5) is 4.22. The third-order valence-corrected chi connectivity index (χ3v) is 2.30. The third-order valence-electron chi connectivity index (χ3n) is 1.93. The molecular weight excluding hydrogens is 172 g/mol. The minimum Gasteiger partial charge on any atom is -0.338 e. The minimum absolute atomic E-state index is 0.232. The summed E-state index contributed by atoms with van der Waals surface area (Å²) in [5.74, 6) is 1.07. The van der Waals surface area contributed by atoms with E-state index in [1.165, 1.54) is 0 Å². The minimum atomic E-state index is 0.232. The van der Waals surface area contributed by atoms with E-state index in [-0.39, 0.29) is 5.38 Å². The van der Waals surface area contributed by atoms with Crippen LogP contribution in [0.5, 0.6) is 0 Å². The smallest absolute Gasteiger partial charge is 0.109 e. The molecule has 2 nitrogen and oxygen atoms in total. The molecule has 0 bridgehead atoms. The molecular formula is C9H15ClN2. The molecule has 0 aliphatic carbocycles. The average molecular weight is 187 g/mol. The topological polar surface area (TPSA) is 17.8 Å². The van der Waals surface area contributed by atoms with Crippen LogP contribution < -0.4 is 0 Å². The van der Waals surface area contributed by atoms with Crippen molar-refractivity contribution < 1.29 is 0 Å². The van der Waals surface area contributed by atoms with Crippen LogP contribution in [0.3, 0.4) is 0 Å². The number of nitrogens with zero attached hydrogens (tertiary/aromatic N) is 2. The first-order valence-corrected chi connectivity index (χ1v) is 4.78. The molecule has 0 saturated carbocycles. The van der Waals surface area contributed by atoms with Gasteiger partial charge < -0.3 is 4.57 Å². The highest BCUT2D eigenvalue weighted by molar-refractivity contribution is 6.20. The highest BCUT2D eigenvalue weighted by atomic mass is 35.5.